The second-order valence-electron chi connectivity index (χ2n) is 7.53. The van der Waals surface area contributed by atoms with E-state index >= 15 is 0 Å². The molecule has 0 saturated carbocycles. The number of esters is 1. The van der Waals surface area contributed by atoms with Crippen LogP contribution in [-0.2, 0) is 19.1 Å². The largest absolute Gasteiger partial charge is 0.469 e. The molecule has 1 rings (SSSR count). The van der Waals surface area contributed by atoms with Gasteiger partial charge in [0.2, 0.25) is 11.8 Å². The van der Waals surface area contributed by atoms with Crippen molar-refractivity contribution in [3.63, 3.8) is 0 Å². The van der Waals surface area contributed by atoms with Crippen molar-refractivity contribution in [2.45, 2.75) is 45.6 Å². The molecule has 11 nitrogen and oxygen atoms in total. The molecule has 0 fully saturated rings. The highest BCUT2D eigenvalue weighted by atomic mass is 16.6. The minimum absolute atomic E-state index is 0.0385. The van der Waals surface area contributed by atoms with Crippen LogP contribution in [0, 0.1) is 16.0 Å². The highest BCUT2D eigenvalue weighted by molar-refractivity contribution is 5.94. The van der Waals surface area contributed by atoms with E-state index in [0.29, 0.717) is 12.8 Å². The molecule has 3 amide bonds. The highest BCUT2D eigenvalue weighted by Crippen LogP contribution is 2.11. The summed E-state index contributed by atoms with van der Waals surface area (Å²) in [6.45, 7) is 4.17. The predicted molar refractivity (Wildman–Crippen MR) is 116 cm³/mol. The zero-order valence-electron chi connectivity index (χ0n) is 18.5. The molecule has 0 aromatic heterocycles. The van der Waals surface area contributed by atoms with Crippen molar-refractivity contribution in [1.29, 1.82) is 0 Å². The fourth-order valence-electron chi connectivity index (χ4n) is 2.77. The molecule has 0 aliphatic rings. The van der Waals surface area contributed by atoms with Gasteiger partial charge in [-0.25, -0.2) is 0 Å². The number of benzene rings is 1. The summed E-state index contributed by atoms with van der Waals surface area (Å²) in [6, 6.07) is 4.38. The van der Waals surface area contributed by atoms with Gasteiger partial charge in [0.1, 0.15) is 6.04 Å². The average Bonchev–Trinajstić information content (AvgIpc) is 2.75. The maximum absolute atomic E-state index is 12.4. The van der Waals surface area contributed by atoms with Gasteiger partial charge < -0.3 is 20.7 Å². The molecule has 11 heteroatoms. The van der Waals surface area contributed by atoms with E-state index in [2.05, 4.69) is 20.7 Å². The molecule has 0 heterocycles. The maximum atomic E-state index is 12.4. The van der Waals surface area contributed by atoms with Crippen LogP contribution in [0.15, 0.2) is 24.3 Å². The molecule has 0 aliphatic carbocycles. The molecule has 0 aliphatic heterocycles. The molecule has 3 N–H and O–H groups in total. The standard InChI is InChI=1S/C21H30N4O7/c1-14(2)13-17(21(29)22-11-4-5-19(27)32-3)24-18(26)10-12-23-20(28)15-6-8-16(9-7-15)25(30)31/h6-9,14,17H,4-5,10-13H2,1-3H3,(H,22,29)(H,23,28)(H,24,26). The van der Waals surface area contributed by atoms with Crippen LogP contribution in [0.1, 0.15) is 49.9 Å². The highest BCUT2D eigenvalue weighted by Gasteiger charge is 2.21. The van der Waals surface area contributed by atoms with Gasteiger partial charge >= 0.3 is 5.97 Å². The summed E-state index contributed by atoms with van der Waals surface area (Å²) in [7, 11) is 1.30. The van der Waals surface area contributed by atoms with Gasteiger partial charge in [-0.3, -0.25) is 29.3 Å². The quantitative estimate of drug-likeness (QED) is 0.177. The fourth-order valence-corrected chi connectivity index (χ4v) is 2.77. The van der Waals surface area contributed by atoms with Crippen molar-refractivity contribution < 1.29 is 28.8 Å². The van der Waals surface area contributed by atoms with E-state index in [-0.39, 0.29) is 55.0 Å². The van der Waals surface area contributed by atoms with E-state index < -0.39 is 22.8 Å². The average molecular weight is 450 g/mol. The van der Waals surface area contributed by atoms with E-state index in [9.17, 15) is 29.3 Å². The molecule has 1 aromatic carbocycles. The molecule has 176 valence electrons. The van der Waals surface area contributed by atoms with E-state index in [4.69, 9.17) is 0 Å². The smallest absolute Gasteiger partial charge is 0.305 e. The van der Waals surface area contributed by atoms with Crippen molar-refractivity contribution in [3.8, 4) is 0 Å². The first kappa shape index (κ1) is 26.5. The van der Waals surface area contributed by atoms with Crippen molar-refractivity contribution in [3.05, 3.63) is 39.9 Å². The molecular formula is C21H30N4O7. The summed E-state index contributed by atoms with van der Waals surface area (Å²) in [5, 5.41) is 18.6. The summed E-state index contributed by atoms with van der Waals surface area (Å²) in [6.07, 6.45) is 1.01. The number of methoxy groups -OCH3 is 1. The first-order chi connectivity index (χ1) is 15.1. The van der Waals surface area contributed by atoms with Gasteiger partial charge in [0.05, 0.1) is 12.0 Å². The Morgan fingerprint density at radius 1 is 1.03 bits per heavy atom. The van der Waals surface area contributed by atoms with Gasteiger partial charge in [-0.15, -0.1) is 0 Å². The third-order valence-corrected chi connectivity index (χ3v) is 4.42. The van der Waals surface area contributed by atoms with Crippen molar-refractivity contribution in [2.75, 3.05) is 20.2 Å². The van der Waals surface area contributed by atoms with Gasteiger partial charge in [-0.05, 0) is 30.9 Å². The second kappa shape index (κ2) is 13.7. The van der Waals surface area contributed by atoms with E-state index in [1.807, 2.05) is 13.8 Å². The molecule has 1 unspecified atom stereocenters. The number of hydrogen-bond acceptors (Lipinski definition) is 7. The molecule has 1 aromatic rings. The van der Waals surface area contributed by atoms with Gasteiger partial charge in [0, 0.05) is 43.6 Å². The summed E-state index contributed by atoms with van der Waals surface area (Å²) >= 11 is 0. The molecule has 1 atom stereocenters. The normalized spacial score (nSPS) is 11.4. The number of non-ortho nitro benzene ring substituents is 1. The number of nitro benzene ring substituents is 1. The van der Waals surface area contributed by atoms with E-state index in [1.165, 1.54) is 31.4 Å². The molecule has 0 radical (unpaired) electrons. The lowest BCUT2D eigenvalue weighted by atomic mass is 10.0. The number of nitro groups is 1. The van der Waals surface area contributed by atoms with Crippen molar-refractivity contribution in [1.82, 2.24) is 16.0 Å². The molecule has 0 saturated heterocycles. The number of amides is 3. The summed E-state index contributed by atoms with van der Waals surface area (Å²) in [5.74, 6) is -1.41. The third kappa shape index (κ3) is 10.0. The number of carbonyl (C=O) groups excluding carboxylic acids is 4. The second-order valence-corrected chi connectivity index (χ2v) is 7.53. The number of hydrogen-bond donors (Lipinski definition) is 3. The Bertz CT molecular complexity index is 809. The van der Waals surface area contributed by atoms with Crippen LogP contribution >= 0.6 is 0 Å². The first-order valence-electron chi connectivity index (χ1n) is 10.3. The Labute approximate surface area is 186 Å². The van der Waals surface area contributed by atoms with Crippen LogP contribution in [0.5, 0.6) is 0 Å². The topological polar surface area (TPSA) is 157 Å². The Kier molecular flexibility index (Phi) is 11.4. The molecular weight excluding hydrogens is 420 g/mol. The lowest BCUT2D eigenvalue weighted by molar-refractivity contribution is -0.384. The van der Waals surface area contributed by atoms with Gasteiger partial charge in [0.25, 0.3) is 11.6 Å². The number of rotatable bonds is 13. The van der Waals surface area contributed by atoms with Crippen molar-refractivity contribution >= 4 is 29.4 Å². The summed E-state index contributed by atoms with van der Waals surface area (Å²) in [4.78, 5) is 58.0. The zero-order valence-corrected chi connectivity index (χ0v) is 18.5. The van der Waals surface area contributed by atoms with Gasteiger partial charge in [-0.2, -0.15) is 0 Å². The molecule has 0 bridgehead atoms. The number of nitrogens with one attached hydrogen (secondary N) is 3. The lowest BCUT2D eigenvalue weighted by Gasteiger charge is -2.20. The van der Waals surface area contributed by atoms with Crippen LogP contribution in [0.25, 0.3) is 0 Å². The number of nitrogens with zero attached hydrogens (tertiary/aromatic N) is 1. The summed E-state index contributed by atoms with van der Waals surface area (Å²) in [5.41, 5.74) is 0.112. The monoisotopic (exact) mass is 450 g/mol. The van der Waals surface area contributed by atoms with Crippen LogP contribution in [0.2, 0.25) is 0 Å². The summed E-state index contributed by atoms with van der Waals surface area (Å²) < 4.78 is 4.54. The Morgan fingerprint density at radius 3 is 2.25 bits per heavy atom. The zero-order chi connectivity index (χ0) is 24.1. The van der Waals surface area contributed by atoms with Crippen LogP contribution in [0.4, 0.5) is 5.69 Å². The maximum Gasteiger partial charge on any atom is 0.305 e. The van der Waals surface area contributed by atoms with Crippen LogP contribution in [0.3, 0.4) is 0 Å². The van der Waals surface area contributed by atoms with Crippen LogP contribution < -0.4 is 16.0 Å². The van der Waals surface area contributed by atoms with Crippen LogP contribution in [-0.4, -0.2) is 54.9 Å². The molecule has 0 spiro atoms. The Balaban J connectivity index is 2.47. The molecule has 32 heavy (non-hydrogen) atoms. The Morgan fingerprint density at radius 2 is 1.69 bits per heavy atom. The first-order valence-corrected chi connectivity index (χ1v) is 10.3. The van der Waals surface area contributed by atoms with Gasteiger partial charge in [-0.1, -0.05) is 13.8 Å². The van der Waals surface area contributed by atoms with Gasteiger partial charge in [0.15, 0.2) is 0 Å². The van der Waals surface area contributed by atoms with Crippen molar-refractivity contribution in [2.24, 2.45) is 5.92 Å². The minimum Gasteiger partial charge on any atom is -0.469 e. The predicted octanol–water partition coefficient (Wildman–Crippen LogP) is 1.32. The SMILES string of the molecule is COC(=O)CCCNC(=O)C(CC(C)C)NC(=O)CCNC(=O)c1ccc([N+](=O)[O-])cc1. The lowest BCUT2D eigenvalue weighted by Crippen LogP contribution is -2.48. The third-order valence-electron chi connectivity index (χ3n) is 4.42. The van der Waals surface area contributed by atoms with E-state index in [1.54, 1.807) is 0 Å². The number of carbonyl (C=O) groups is 4. The Hall–Kier alpha value is -3.50. The minimum atomic E-state index is -0.731. The number of ether oxygens (including phenoxy) is 1. The fraction of sp³-hybridized carbons (Fsp3) is 0.524. The van der Waals surface area contributed by atoms with E-state index in [0.717, 1.165) is 0 Å².